The Morgan fingerprint density at radius 1 is 1.19 bits per heavy atom. The molecule has 4 rings (SSSR count). The van der Waals surface area contributed by atoms with Gasteiger partial charge >= 0.3 is 0 Å². The van der Waals surface area contributed by atoms with Crippen LogP contribution < -0.4 is 5.73 Å². The van der Waals surface area contributed by atoms with Gasteiger partial charge in [-0.2, -0.15) is 0 Å². The van der Waals surface area contributed by atoms with Crippen molar-refractivity contribution >= 4 is 5.69 Å². The molecule has 0 radical (unpaired) electrons. The minimum atomic E-state index is 0.373. The molecule has 1 aromatic heterocycles. The van der Waals surface area contributed by atoms with Crippen molar-refractivity contribution in [2.45, 2.75) is 38.3 Å². The molecule has 1 aromatic carbocycles. The normalized spacial score (nSPS) is 22.8. The first-order chi connectivity index (χ1) is 10.2. The number of nitrogens with zero attached hydrogens (tertiary/aromatic N) is 5. The molecule has 1 atom stereocenters. The summed E-state index contributed by atoms with van der Waals surface area (Å²) in [7, 11) is 0. The van der Waals surface area contributed by atoms with Gasteiger partial charge in [0.2, 0.25) is 0 Å². The van der Waals surface area contributed by atoms with Crippen molar-refractivity contribution in [3.63, 3.8) is 0 Å². The number of anilines is 1. The minimum Gasteiger partial charge on any atom is -0.398 e. The average molecular weight is 284 g/mol. The number of tetrazole rings is 1. The molecule has 2 aliphatic rings. The largest absolute Gasteiger partial charge is 0.398 e. The molecule has 0 spiro atoms. The fourth-order valence-electron chi connectivity index (χ4n) is 3.15. The van der Waals surface area contributed by atoms with E-state index in [4.69, 9.17) is 5.73 Å². The minimum absolute atomic E-state index is 0.373. The number of hydrogen-bond donors (Lipinski definition) is 1. The van der Waals surface area contributed by atoms with Crippen LogP contribution >= 0.6 is 0 Å². The van der Waals surface area contributed by atoms with Crippen molar-refractivity contribution in [2.24, 2.45) is 0 Å². The Balaban J connectivity index is 1.62. The first kappa shape index (κ1) is 12.8. The van der Waals surface area contributed by atoms with Crippen LogP contribution in [0.25, 0.3) is 11.4 Å². The van der Waals surface area contributed by atoms with Gasteiger partial charge in [0.15, 0.2) is 5.82 Å². The number of aryl methyl sites for hydroxylation is 1. The van der Waals surface area contributed by atoms with Gasteiger partial charge in [-0.05, 0) is 48.2 Å². The summed E-state index contributed by atoms with van der Waals surface area (Å²) in [4.78, 5) is 2.57. The van der Waals surface area contributed by atoms with Crippen LogP contribution in [0, 0.1) is 6.92 Å². The van der Waals surface area contributed by atoms with Crippen LogP contribution in [0.15, 0.2) is 18.2 Å². The molecule has 2 fully saturated rings. The number of nitrogen functional groups attached to an aromatic ring is 1. The standard InChI is InChI=1S/C15H20N6/c1-10-2-3-11(8-14(10)16)15-17-18-19-21(15)13-6-7-20(9-13)12-4-5-12/h2-3,8,12-13H,4-7,9,16H2,1H3. The highest BCUT2D eigenvalue weighted by Crippen LogP contribution is 2.34. The maximum Gasteiger partial charge on any atom is 0.182 e. The van der Waals surface area contributed by atoms with E-state index in [2.05, 4.69) is 20.4 Å². The number of likely N-dealkylation sites (tertiary alicyclic amines) is 1. The van der Waals surface area contributed by atoms with E-state index >= 15 is 0 Å². The number of aromatic nitrogens is 4. The Morgan fingerprint density at radius 3 is 2.81 bits per heavy atom. The predicted octanol–water partition coefficient (Wildman–Crippen LogP) is 1.64. The van der Waals surface area contributed by atoms with E-state index in [1.54, 1.807) is 0 Å². The molecular formula is C15H20N6. The van der Waals surface area contributed by atoms with Crippen LogP contribution in [0.2, 0.25) is 0 Å². The lowest BCUT2D eigenvalue weighted by atomic mass is 10.1. The van der Waals surface area contributed by atoms with Crippen LogP contribution in [-0.2, 0) is 0 Å². The zero-order valence-electron chi connectivity index (χ0n) is 12.2. The summed E-state index contributed by atoms with van der Waals surface area (Å²) in [6.07, 6.45) is 3.82. The number of rotatable bonds is 3. The van der Waals surface area contributed by atoms with E-state index in [9.17, 15) is 0 Å². The Labute approximate surface area is 123 Å². The van der Waals surface area contributed by atoms with Gasteiger partial charge in [0.05, 0.1) is 6.04 Å². The highest BCUT2D eigenvalue weighted by molar-refractivity contribution is 5.63. The molecule has 21 heavy (non-hydrogen) atoms. The Kier molecular flexibility index (Phi) is 2.92. The van der Waals surface area contributed by atoms with Gasteiger partial charge in [0.1, 0.15) is 0 Å². The lowest BCUT2D eigenvalue weighted by Crippen LogP contribution is -2.24. The van der Waals surface area contributed by atoms with E-state index in [-0.39, 0.29) is 0 Å². The molecule has 110 valence electrons. The van der Waals surface area contributed by atoms with Crippen LogP contribution in [0.3, 0.4) is 0 Å². The summed E-state index contributed by atoms with van der Waals surface area (Å²) in [6, 6.07) is 7.21. The molecule has 0 bridgehead atoms. The summed E-state index contributed by atoms with van der Waals surface area (Å²) in [5.41, 5.74) is 8.87. The molecule has 6 nitrogen and oxygen atoms in total. The molecule has 1 saturated carbocycles. The summed E-state index contributed by atoms with van der Waals surface area (Å²) < 4.78 is 1.98. The van der Waals surface area contributed by atoms with Gasteiger partial charge in [-0.3, -0.25) is 4.90 Å². The van der Waals surface area contributed by atoms with Crippen molar-refractivity contribution in [1.82, 2.24) is 25.1 Å². The van der Waals surface area contributed by atoms with E-state index in [1.807, 2.05) is 29.8 Å². The van der Waals surface area contributed by atoms with Gasteiger partial charge in [0, 0.05) is 30.4 Å². The van der Waals surface area contributed by atoms with Crippen LogP contribution in [0.4, 0.5) is 5.69 Å². The molecular weight excluding hydrogens is 264 g/mol. The molecule has 2 heterocycles. The second-order valence-corrected chi connectivity index (χ2v) is 6.19. The third kappa shape index (κ3) is 2.29. The first-order valence-electron chi connectivity index (χ1n) is 7.61. The van der Waals surface area contributed by atoms with E-state index in [1.165, 1.54) is 12.8 Å². The summed E-state index contributed by atoms with van der Waals surface area (Å²) >= 11 is 0. The topological polar surface area (TPSA) is 72.9 Å². The molecule has 1 aliphatic carbocycles. The molecule has 1 unspecified atom stereocenters. The van der Waals surface area contributed by atoms with Gasteiger partial charge < -0.3 is 5.73 Å². The van der Waals surface area contributed by atoms with Crippen molar-refractivity contribution in [3.05, 3.63) is 23.8 Å². The molecule has 2 aromatic rings. The second-order valence-electron chi connectivity index (χ2n) is 6.19. The maximum atomic E-state index is 6.01. The number of nitrogens with two attached hydrogens (primary N) is 1. The zero-order chi connectivity index (χ0) is 14.4. The van der Waals surface area contributed by atoms with Gasteiger partial charge in [-0.25, -0.2) is 4.68 Å². The predicted molar refractivity (Wildman–Crippen MR) is 80.7 cm³/mol. The van der Waals surface area contributed by atoms with E-state index in [0.29, 0.717) is 6.04 Å². The molecule has 0 amide bonds. The molecule has 1 saturated heterocycles. The van der Waals surface area contributed by atoms with E-state index < -0.39 is 0 Å². The highest BCUT2D eigenvalue weighted by Gasteiger charge is 2.36. The van der Waals surface area contributed by atoms with Crippen LogP contribution in [0.1, 0.15) is 30.9 Å². The Bertz CT molecular complexity index is 660. The monoisotopic (exact) mass is 284 g/mol. The lowest BCUT2D eigenvalue weighted by Gasteiger charge is -2.15. The molecule has 6 heteroatoms. The van der Waals surface area contributed by atoms with Crippen molar-refractivity contribution in [2.75, 3.05) is 18.8 Å². The fraction of sp³-hybridized carbons (Fsp3) is 0.533. The smallest absolute Gasteiger partial charge is 0.182 e. The molecule has 2 N–H and O–H groups in total. The van der Waals surface area contributed by atoms with Gasteiger partial charge in [-0.1, -0.05) is 12.1 Å². The zero-order valence-corrected chi connectivity index (χ0v) is 12.2. The van der Waals surface area contributed by atoms with Crippen molar-refractivity contribution < 1.29 is 0 Å². The summed E-state index contributed by atoms with van der Waals surface area (Å²) in [5, 5.41) is 12.3. The van der Waals surface area contributed by atoms with E-state index in [0.717, 1.165) is 48.2 Å². The van der Waals surface area contributed by atoms with Gasteiger partial charge in [-0.15, -0.1) is 5.10 Å². The number of hydrogen-bond acceptors (Lipinski definition) is 5. The fourth-order valence-corrected chi connectivity index (χ4v) is 3.15. The van der Waals surface area contributed by atoms with Crippen molar-refractivity contribution in [3.8, 4) is 11.4 Å². The third-order valence-electron chi connectivity index (χ3n) is 4.63. The maximum absolute atomic E-state index is 6.01. The summed E-state index contributed by atoms with van der Waals surface area (Å²) in [6.45, 7) is 4.22. The average Bonchev–Trinajstić information content (AvgIpc) is 3.03. The van der Waals surface area contributed by atoms with Crippen molar-refractivity contribution in [1.29, 1.82) is 0 Å². The lowest BCUT2D eigenvalue weighted by molar-refractivity contribution is 0.309. The molecule has 1 aliphatic heterocycles. The van der Waals surface area contributed by atoms with Crippen LogP contribution in [0.5, 0.6) is 0 Å². The van der Waals surface area contributed by atoms with Gasteiger partial charge in [0.25, 0.3) is 0 Å². The Morgan fingerprint density at radius 2 is 2.05 bits per heavy atom. The third-order valence-corrected chi connectivity index (χ3v) is 4.63. The SMILES string of the molecule is Cc1ccc(-c2nnnn2C2CCN(C3CC3)C2)cc1N. The quantitative estimate of drug-likeness (QED) is 0.867. The highest BCUT2D eigenvalue weighted by atomic mass is 15.6. The summed E-state index contributed by atoms with van der Waals surface area (Å²) in [5.74, 6) is 0.823. The van der Waals surface area contributed by atoms with Crippen LogP contribution in [-0.4, -0.2) is 44.2 Å². The Hall–Kier alpha value is -1.95. The first-order valence-corrected chi connectivity index (χ1v) is 7.61. The second kappa shape index (κ2) is 4.80. The number of benzene rings is 1.